The van der Waals surface area contributed by atoms with Gasteiger partial charge in [-0.05, 0) is 59.5 Å². The van der Waals surface area contributed by atoms with Crippen molar-refractivity contribution in [3.8, 4) is 0 Å². The maximum atomic E-state index is 6.15. The van der Waals surface area contributed by atoms with E-state index in [2.05, 4.69) is 57.3 Å². The van der Waals surface area contributed by atoms with Gasteiger partial charge >= 0.3 is 0 Å². The summed E-state index contributed by atoms with van der Waals surface area (Å²) >= 11 is 2.32. The number of hydrogen-bond acceptors (Lipinski definition) is 2. The number of rotatable bonds is 1. The van der Waals surface area contributed by atoms with Gasteiger partial charge in [-0.1, -0.05) is 19.8 Å². The fourth-order valence-corrected chi connectivity index (χ4v) is 3.59. The van der Waals surface area contributed by atoms with Crippen LogP contribution in [-0.4, -0.2) is 9.55 Å². The number of nitrogens with two attached hydrogens (primary N) is 1. The van der Waals surface area contributed by atoms with E-state index in [0.717, 1.165) is 5.52 Å². The Morgan fingerprint density at radius 1 is 1.33 bits per heavy atom. The third-order valence-electron chi connectivity index (χ3n) is 4.08. The summed E-state index contributed by atoms with van der Waals surface area (Å²) in [5, 5.41) is 0. The standard InChI is InChI=1S/C14H18IN3/c1-9-4-2-3-5-12(9)18-13-7-6-10(15)8-11(13)17-14(18)16/h6-9,12H,2-5H2,1H3,(H2,16,17). The van der Waals surface area contributed by atoms with Crippen molar-refractivity contribution in [1.29, 1.82) is 0 Å². The fraction of sp³-hybridized carbons (Fsp3) is 0.500. The van der Waals surface area contributed by atoms with Crippen molar-refractivity contribution in [1.82, 2.24) is 9.55 Å². The Hall–Kier alpha value is -0.780. The molecule has 2 aromatic rings. The van der Waals surface area contributed by atoms with Crippen LogP contribution in [0.4, 0.5) is 5.95 Å². The average molecular weight is 355 g/mol. The Bertz CT molecular complexity index is 576. The Balaban J connectivity index is 2.12. The molecule has 18 heavy (non-hydrogen) atoms. The van der Waals surface area contributed by atoms with Crippen LogP contribution >= 0.6 is 22.6 Å². The molecule has 3 rings (SSSR count). The fourth-order valence-electron chi connectivity index (χ4n) is 3.12. The highest BCUT2D eigenvalue weighted by Crippen LogP contribution is 2.37. The van der Waals surface area contributed by atoms with Gasteiger partial charge in [-0.25, -0.2) is 4.98 Å². The lowest BCUT2D eigenvalue weighted by atomic mass is 9.85. The SMILES string of the molecule is CC1CCCCC1n1c(N)nc2cc(I)ccc21. The number of aromatic nitrogens is 2. The van der Waals surface area contributed by atoms with Crippen LogP contribution in [0.25, 0.3) is 11.0 Å². The lowest BCUT2D eigenvalue weighted by molar-refractivity contribution is 0.264. The van der Waals surface area contributed by atoms with E-state index in [4.69, 9.17) is 5.73 Å². The summed E-state index contributed by atoms with van der Waals surface area (Å²) in [6.07, 6.45) is 5.18. The summed E-state index contributed by atoms with van der Waals surface area (Å²) in [7, 11) is 0. The zero-order valence-electron chi connectivity index (χ0n) is 10.6. The second-order valence-electron chi connectivity index (χ2n) is 5.30. The topological polar surface area (TPSA) is 43.8 Å². The lowest BCUT2D eigenvalue weighted by Gasteiger charge is -2.30. The maximum absolute atomic E-state index is 6.15. The predicted octanol–water partition coefficient (Wildman–Crippen LogP) is 3.97. The lowest BCUT2D eigenvalue weighted by Crippen LogP contribution is -2.22. The first-order valence-electron chi connectivity index (χ1n) is 6.60. The van der Waals surface area contributed by atoms with Crippen LogP contribution in [0.2, 0.25) is 0 Å². The number of halogens is 1. The molecule has 1 aromatic heterocycles. The van der Waals surface area contributed by atoms with E-state index in [1.165, 1.54) is 34.8 Å². The van der Waals surface area contributed by atoms with Gasteiger partial charge in [-0.15, -0.1) is 0 Å². The van der Waals surface area contributed by atoms with E-state index in [-0.39, 0.29) is 0 Å². The second-order valence-corrected chi connectivity index (χ2v) is 6.55. The van der Waals surface area contributed by atoms with Gasteiger partial charge in [-0.3, -0.25) is 0 Å². The number of nitrogen functional groups attached to an aromatic ring is 1. The number of anilines is 1. The molecule has 3 nitrogen and oxygen atoms in total. The summed E-state index contributed by atoms with van der Waals surface area (Å²) in [4.78, 5) is 4.52. The minimum Gasteiger partial charge on any atom is -0.369 e. The molecule has 1 aromatic carbocycles. The maximum Gasteiger partial charge on any atom is 0.201 e. The molecule has 1 fully saturated rings. The van der Waals surface area contributed by atoms with Crippen molar-refractivity contribution in [2.75, 3.05) is 5.73 Å². The molecule has 1 aliphatic carbocycles. The van der Waals surface area contributed by atoms with Crippen molar-refractivity contribution in [3.05, 3.63) is 21.8 Å². The summed E-state index contributed by atoms with van der Waals surface area (Å²) in [5.74, 6) is 1.36. The second kappa shape index (κ2) is 4.72. The van der Waals surface area contributed by atoms with Crippen LogP contribution in [0.1, 0.15) is 38.6 Å². The Labute approximate surface area is 121 Å². The Kier molecular flexibility index (Phi) is 3.21. The summed E-state index contributed by atoms with van der Waals surface area (Å²) in [6, 6.07) is 6.91. The van der Waals surface area contributed by atoms with Crippen molar-refractivity contribution in [3.63, 3.8) is 0 Å². The minimum atomic E-state index is 0.517. The zero-order valence-corrected chi connectivity index (χ0v) is 12.7. The van der Waals surface area contributed by atoms with Crippen LogP contribution in [0.15, 0.2) is 18.2 Å². The monoisotopic (exact) mass is 355 g/mol. The smallest absolute Gasteiger partial charge is 0.201 e. The van der Waals surface area contributed by atoms with Crippen LogP contribution in [-0.2, 0) is 0 Å². The molecule has 2 atom stereocenters. The number of imidazole rings is 1. The molecular formula is C14H18IN3. The molecule has 1 saturated carbocycles. The first kappa shape index (κ1) is 12.3. The third kappa shape index (κ3) is 2.00. The first-order valence-corrected chi connectivity index (χ1v) is 7.67. The molecule has 1 heterocycles. The highest BCUT2D eigenvalue weighted by Gasteiger charge is 2.26. The molecule has 1 aliphatic rings. The van der Waals surface area contributed by atoms with Crippen molar-refractivity contribution >= 4 is 39.6 Å². The predicted molar refractivity (Wildman–Crippen MR) is 83.5 cm³/mol. The molecule has 0 radical (unpaired) electrons. The Morgan fingerprint density at radius 2 is 2.11 bits per heavy atom. The molecule has 0 saturated heterocycles. The van der Waals surface area contributed by atoms with Gasteiger partial charge in [0.25, 0.3) is 0 Å². The molecule has 4 heteroatoms. The van der Waals surface area contributed by atoms with Gasteiger partial charge in [-0.2, -0.15) is 0 Å². The van der Waals surface area contributed by atoms with Crippen molar-refractivity contribution in [2.24, 2.45) is 5.92 Å². The zero-order chi connectivity index (χ0) is 12.7. The largest absolute Gasteiger partial charge is 0.369 e. The molecule has 0 bridgehead atoms. The molecule has 0 aliphatic heterocycles. The van der Waals surface area contributed by atoms with E-state index in [1.807, 2.05) is 0 Å². The van der Waals surface area contributed by atoms with E-state index in [1.54, 1.807) is 0 Å². The van der Waals surface area contributed by atoms with Gasteiger partial charge in [0.05, 0.1) is 11.0 Å². The molecular weight excluding hydrogens is 337 g/mol. The van der Waals surface area contributed by atoms with E-state index < -0.39 is 0 Å². The highest BCUT2D eigenvalue weighted by atomic mass is 127. The quantitative estimate of drug-likeness (QED) is 0.787. The van der Waals surface area contributed by atoms with Gasteiger partial charge in [0.15, 0.2) is 0 Å². The van der Waals surface area contributed by atoms with E-state index >= 15 is 0 Å². The van der Waals surface area contributed by atoms with E-state index in [0.29, 0.717) is 17.9 Å². The average Bonchev–Trinajstić information content (AvgIpc) is 2.65. The minimum absolute atomic E-state index is 0.517. The first-order chi connectivity index (χ1) is 8.66. The van der Waals surface area contributed by atoms with E-state index in [9.17, 15) is 0 Å². The van der Waals surface area contributed by atoms with Crippen LogP contribution in [0.3, 0.4) is 0 Å². The van der Waals surface area contributed by atoms with Crippen molar-refractivity contribution < 1.29 is 0 Å². The number of fused-ring (bicyclic) bond motifs is 1. The summed E-state index contributed by atoms with van der Waals surface area (Å²) < 4.78 is 3.47. The van der Waals surface area contributed by atoms with Crippen LogP contribution < -0.4 is 5.73 Å². The molecule has 0 amide bonds. The van der Waals surface area contributed by atoms with Gasteiger partial charge < -0.3 is 10.3 Å². The molecule has 96 valence electrons. The summed E-state index contributed by atoms with van der Waals surface area (Å²) in [5.41, 5.74) is 8.36. The highest BCUT2D eigenvalue weighted by molar-refractivity contribution is 14.1. The van der Waals surface area contributed by atoms with Gasteiger partial charge in [0.2, 0.25) is 5.95 Å². The van der Waals surface area contributed by atoms with Gasteiger partial charge in [0, 0.05) is 9.61 Å². The van der Waals surface area contributed by atoms with Crippen LogP contribution in [0.5, 0.6) is 0 Å². The number of nitrogens with zero attached hydrogens (tertiary/aromatic N) is 2. The summed E-state index contributed by atoms with van der Waals surface area (Å²) in [6.45, 7) is 2.34. The third-order valence-corrected chi connectivity index (χ3v) is 4.75. The number of hydrogen-bond donors (Lipinski definition) is 1. The Morgan fingerprint density at radius 3 is 2.89 bits per heavy atom. The van der Waals surface area contributed by atoms with Crippen molar-refractivity contribution in [2.45, 2.75) is 38.6 Å². The molecule has 0 spiro atoms. The number of benzene rings is 1. The van der Waals surface area contributed by atoms with Gasteiger partial charge in [0.1, 0.15) is 0 Å². The molecule has 2 unspecified atom stereocenters. The van der Waals surface area contributed by atoms with Crippen LogP contribution in [0, 0.1) is 9.49 Å². The normalized spacial score (nSPS) is 24.6. The molecule has 2 N–H and O–H groups in total.